The number of rotatable bonds is 7. The van der Waals surface area contributed by atoms with Crippen molar-refractivity contribution >= 4 is 17.7 Å². The second-order valence-electron chi connectivity index (χ2n) is 8.62. The number of ether oxygens (including phenoxy) is 2. The van der Waals surface area contributed by atoms with E-state index >= 15 is 0 Å². The van der Waals surface area contributed by atoms with Gasteiger partial charge in [0, 0.05) is 11.1 Å². The minimum atomic E-state index is -0.695. The van der Waals surface area contributed by atoms with Crippen molar-refractivity contribution < 1.29 is 19.1 Å². The Morgan fingerprint density at radius 1 is 1.00 bits per heavy atom. The van der Waals surface area contributed by atoms with E-state index in [0.29, 0.717) is 12.8 Å². The molecule has 3 atom stereocenters. The number of nitrogens with zero attached hydrogens (tertiary/aromatic N) is 1. The summed E-state index contributed by atoms with van der Waals surface area (Å²) in [6, 6.07) is 18.9. The van der Waals surface area contributed by atoms with E-state index in [1.807, 2.05) is 81.4 Å². The lowest BCUT2D eigenvalue weighted by Gasteiger charge is -2.23. The minimum absolute atomic E-state index is 0.0755. The van der Waals surface area contributed by atoms with Crippen LogP contribution in [-0.4, -0.2) is 36.4 Å². The first kappa shape index (κ1) is 21.8. The highest BCUT2D eigenvalue weighted by Gasteiger charge is 2.46. The molecule has 1 fully saturated rings. The molecular weight excluding hydrogens is 378 g/mol. The Kier molecular flexibility index (Phi) is 6.70. The van der Waals surface area contributed by atoms with Crippen molar-refractivity contribution in [1.29, 1.82) is 0 Å². The van der Waals surface area contributed by atoms with Crippen LogP contribution in [-0.2, 0) is 19.1 Å². The summed E-state index contributed by atoms with van der Waals surface area (Å²) < 4.78 is 10.5. The van der Waals surface area contributed by atoms with Gasteiger partial charge in [-0.25, -0.2) is 4.79 Å². The maximum atomic E-state index is 13.0. The first-order valence-corrected chi connectivity index (χ1v) is 10.3. The summed E-state index contributed by atoms with van der Waals surface area (Å²) in [6.45, 7) is 5.53. The number of benzene rings is 2. The van der Waals surface area contributed by atoms with Gasteiger partial charge in [0.15, 0.2) is 0 Å². The van der Waals surface area contributed by atoms with Gasteiger partial charge in [0.2, 0.25) is 0 Å². The largest absolute Gasteiger partial charge is 0.469 e. The highest BCUT2D eigenvalue weighted by Crippen LogP contribution is 2.43. The quantitative estimate of drug-likeness (QED) is 0.503. The number of methoxy groups -OCH3 is 1. The molecular formula is C25H29NO4. The van der Waals surface area contributed by atoms with Gasteiger partial charge in [0.25, 0.3) is 0 Å². The molecule has 1 aliphatic rings. The van der Waals surface area contributed by atoms with Crippen LogP contribution in [0.4, 0.5) is 0 Å². The van der Waals surface area contributed by atoms with Crippen molar-refractivity contribution in [3.8, 4) is 0 Å². The average molecular weight is 408 g/mol. The van der Waals surface area contributed by atoms with E-state index in [1.54, 1.807) is 0 Å². The highest BCUT2D eigenvalue weighted by atomic mass is 16.6. The molecule has 0 aliphatic heterocycles. The van der Waals surface area contributed by atoms with Gasteiger partial charge < -0.3 is 9.47 Å². The second kappa shape index (κ2) is 9.24. The van der Waals surface area contributed by atoms with Gasteiger partial charge in [0.1, 0.15) is 11.6 Å². The molecule has 3 rings (SSSR count). The molecule has 30 heavy (non-hydrogen) atoms. The molecule has 0 spiro atoms. The van der Waals surface area contributed by atoms with Crippen LogP contribution in [0.2, 0.25) is 0 Å². The Bertz CT molecular complexity index is 858. The zero-order valence-corrected chi connectivity index (χ0v) is 18.0. The predicted octanol–water partition coefficient (Wildman–Crippen LogP) is 4.43. The molecule has 1 saturated carbocycles. The SMILES string of the molecule is COC(=O)[C@@H]1C[C@H]1CC(N=C(c1ccccc1)c1ccccc1)C(=O)OC(C)(C)C. The van der Waals surface area contributed by atoms with Crippen molar-refractivity contribution in [2.24, 2.45) is 16.8 Å². The Morgan fingerprint density at radius 2 is 1.53 bits per heavy atom. The number of hydrogen-bond donors (Lipinski definition) is 0. The van der Waals surface area contributed by atoms with Gasteiger partial charge in [-0.05, 0) is 39.5 Å². The standard InChI is InChI=1S/C25H29NO4/c1-25(2,3)30-24(28)21(16-19-15-20(19)23(27)29-4)26-22(17-11-7-5-8-12-17)18-13-9-6-10-14-18/h5-14,19-21H,15-16H2,1-4H3/t19-,20+,21?/m0/s1. The van der Waals surface area contributed by atoms with E-state index in [2.05, 4.69) is 0 Å². The molecule has 158 valence electrons. The van der Waals surface area contributed by atoms with Crippen LogP contribution in [0.5, 0.6) is 0 Å². The number of carbonyl (C=O) groups excluding carboxylic acids is 2. The molecule has 0 heterocycles. The normalized spacial score (nSPS) is 18.8. The Hall–Kier alpha value is -2.95. The lowest BCUT2D eigenvalue weighted by Crippen LogP contribution is -2.32. The molecule has 5 nitrogen and oxygen atoms in total. The van der Waals surface area contributed by atoms with Gasteiger partial charge >= 0.3 is 11.9 Å². The summed E-state index contributed by atoms with van der Waals surface area (Å²) in [4.78, 5) is 29.8. The van der Waals surface area contributed by atoms with Crippen LogP contribution in [0, 0.1) is 11.8 Å². The average Bonchev–Trinajstić information content (AvgIpc) is 3.49. The van der Waals surface area contributed by atoms with E-state index in [0.717, 1.165) is 16.8 Å². The van der Waals surface area contributed by atoms with E-state index in [-0.39, 0.29) is 23.8 Å². The molecule has 2 aromatic rings. The number of hydrogen-bond acceptors (Lipinski definition) is 5. The maximum absolute atomic E-state index is 13.0. The summed E-state index contributed by atoms with van der Waals surface area (Å²) in [5.74, 6) is -0.681. The molecule has 0 bridgehead atoms. The molecule has 0 aromatic heterocycles. The van der Waals surface area contributed by atoms with E-state index in [1.165, 1.54) is 7.11 Å². The van der Waals surface area contributed by atoms with Gasteiger partial charge in [0.05, 0.1) is 18.7 Å². The Labute approximate surface area is 178 Å². The van der Waals surface area contributed by atoms with Crippen molar-refractivity contribution in [2.45, 2.75) is 45.3 Å². The number of esters is 2. The van der Waals surface area contributed by atoms with E-state index in [9.17, 15) is 9.59 Å². The van der Waals surface area contributed by atoms with Gasteiger partial charge in [-0.15, -0.1) is 0 Å². The summed E-state index contributed by atoms with van der Waals surface area (Å²) in [5, 5.41) is 0. The van der Waals surface area contributed by atoms with Gasteiger partial charge in [-0.1, -0.05) is 60.7 Å². The van der Waals surface area contributed by atoms with Crippen LogP contribution >= 0.6 is 0 Å². The van der Waals surface area contributed by atoms with Gasteiger partial charge in [-0.3, -0.25) is 9.79 Å². The summed E-state index contributed by atoms with van der Waals surface area (Å²) in [6.07, 6.45) is 1.17. The lowest BCUT2D eigenvalue weighted by atomic mass is 10.0. The summed E-state index contributed by atoms with van der Waals surface area (Å²) in [7, 11) is 1.39. The zero-order valence-electron chi connectivity index (χ0n) is 18.0. The smallest absolute Gasteiger partial charge is 0.331 e. The summed E-state index contributed by atoms with van der Waals surface area (Å²) in [5.41, 5.74) is 1.98. The highest BCUT2D eigenvalue weighted by molar-refractivity contribution is 6.13. The van der Waals surface area contributed by atoms with E-state index in [4.69, 9.17) is 14.5 Å². The van der Waals surface area contributed by atoms with E-state index < -0.39 is 11.6 Å². The first-order valence-electron chi connectivity index (χ1n) is 10.3. The minimum Gasteiger partial charge on any atom is -0.469 e. The fourth-order valence-electron chi connectivity index (χ4n) is 3.47. The number of carbonyl (C=O) groups is 2. The molecule has 0 N–H and O–H groups in total. The first-order chi connectivity index (χ1) is 14.3. The monoisotopic (exact) mass is 407 g/mol. The Balaban J connectivity index is 1.95. The molecule has 2 aromatic carbocycles. The zero-order chi connectivity index (χ0) is 21.7. The fourth-order valence-corrected chi connectivity index (χ4v) is 3.47. The van der Waals surface area contributed by atoms with Crippen LogP contribution in [0.1, 0.15) is 44.7 Å². The van der Waals surface area contributed by atoms with Crippen LogP contribution in [0.25, 0.3) is 0 Å². The third kappa shape index (κ3) is 5.78. The molecule has 1 aliphatic carbocycles. The fraction of sp³-hybridized carbons (Fsp3) is 0.400. The third-order valence-corrected chi connectivity index (χ3v) is 5.01. The Morgan fingerprint density at radius 3 is 2.00 bits per heavy atom. The molecule has 5 heteroatoms. The topological polar surface area (TPSA) is 65.0 Å². The van der Waals surface area contributed by atoms with Crippen LogP contribution in [0.3, 0.4) is 0 Å². The number of aliphatic imine (C=N–C) groups is 1. The predicted molar refractivity (Wildman–Crippen MR) is 116 cm³/mol. The van der Waals surface area contributed by atoms with Crippen LogP contribution in [0.15, 0.2) is 65.7 Å². The molecule has 1 unspecified atom stereocenters. The van der Waals surface area contributed by atoms with Crippen molar-refractivity contribution in [1.82, 2.24) is 0 Å². The molecule has 0 amide bonds. The second-order valence-corrected chi connectivity index (χ2v) is 8.62. The lowest BCUT2D eigenvalue weighted by molar-refractivity contribution is -0.156. The van der Waals surface area contributed by atoms with Crippen molar-refractivity contribution in [2.75, 3.05) is 7.11 Å². The van der Waals surface area contributed by atoms with Crippen molar-refractivity contribution in [3.05, 3.63) is 71.8 Å². The van der Waals surface area contributed by atoms with Gasteiger partial charge in [-0.2, -0.15) is 0 Å². The van der Waals surface area contributed by atoms with Crippen molar-refractivity contribution in [3.63, 3.8) is 0 Å². The molecule has 0 radical (unpaired) electrons. The summed E-state index contributed by atoms with van der Waals surface area (Å²) >= 11 is 0. The van der Waals surface area contributed by atoms with Crippen LogP contribution < -0.4 is 0 Å². The molecule has 0 saturated heterocycles. The maximum Gasteiger partial charge on any atom is 0.331 e. The third-order valence-electron chi connectivity index (χ3n) is 5.01.